The zero-order valence-corrected chi connectivity index (χ0v) is 13.9. The normalized spacial score (nSPS) is 10.8. The monoisotopic (exact) mass is 332 g/mol. The van der Waals surface area contributed by atoms with Gasteiger partial charge >= 0.3 is 0 Å². The van der Waals surface area contributed by atoms with Crippen LogP contribution >= 0.6 is 11.6 Å². The molecule has 0 radical (unpaired) electrons. The van der Waals surface area contributed by atoms with Crippen LogP contribution in [0, 0.1) is 6.92 Å². The first-order valence-electron chi connectivity index (χ1n) is 7.51. The molecule has 2 aromatic rings. The van der Waals surface area contributed by atoms with Gasteiger partial charge in [0.05, 0.1) is 13.2 Å². The van der Waals surface area contributed by atoms with E-state index in [4.69, 9.17) is 11.6 Å². The van der Waals surface area contributed by atoms with Crippen molar-refractivity contribution in [2.24, 2.45) is 0 Å². The summed E-state index contributed by atoms with van der Waals surface area (Å²) in [6, 6.07) is 15.2. The fourth-order valence-corrected chi connectivity index (χ4v) is 2.59. The van der Waals surface area contributed by atoms with Crippen molar-refractivity contribution >= 4 is 23.2 Å². The van der Waals surface area contributed by atoms with Gasteiger partial charge in [0.1, 0.15) is 0 Å². The topological polar surface area (TPSA) is 52.6 Å². The number of nitrogens with one attached hydrogen (secondary N) is 1. The zero-order valence-electron chi connectivity index (χ0n) is 13.1. The van der Waals surface area contributed by atoms with Crippen molar-refractivity contribution in [3.05, 3.63) is 64.7 Å². The molecule has 0 aliphatic heterocycles. The summed E-state index contributed by atoms with van der Waals surface area (Å²) in [6.07, 6.45) is 0. The number of carbonyl (C=O) groups excluding carboxylic acids is 1. The fraction of sp³-hybridized carbons (Fsp3) is 0.278. The van der Waals surface area contributed by atoms with E-state index < -0.39 is 0 Å². The molecule has 2 rings (SSSR count). The van der Waals surface area contributed by atoms with Crippen LogP contribution in [0.15, 0.2) is 48.5 Å². The van der Waals surface area contributed by atoms with Gasteiger partial charge in [0.25, 0.3) is 0 Å². The Morgan fingerprint density at radius 3 is 2.70 bits per heavy atom. The predicted octanol–water partition coefficient (Wildman–Crippen LogP) is 3.08. The van der Waals surface area contributed by atoms with Crippen molar-refractivity contribution in [2.75, 3.05) is 25.0 Å². The van der Waals surface area contributed by atoms with Crippen LogP contribution in [-0.4, -0.2) is 35.6 Å². The van der Waals surface area contributed by atoms with E-state index in [9.17, 15) is 9.90 Å². The Balaban J connectivity index is 1.96. The second-order valence-corrected chi connectivity index (χ2v) is 5.92. The molecule has 2 N–H and O–H groups in total. The average molecular weight is 333 g/mol. The molecule has 0 heterocycles. The highest BCUT2D eigenvalue weighted by Gasteiger charge is 2.11. The molecule has 0 unspecified atom stereocenters. The molecule has 0 aliphatic rings. The van der Waals surface area contributed by atoms with Gasteiger partial charge in [0.15, 0.2) is 0 Å². The second kappa shape index (κ2) is 8.67. The molecule has 4 nitrogen and oxygen atoms in total. The Kier molecular flexibility index (Phi) is 6.59. The molecular weight excluding hydrogens is 312 g/mol. The maximum Gasteiger partial charge on any atom is 0.238 e. The number of amides is 1. The van der Waals surface area contributed by atoms with Gasteiger partial charge in [0, 0.05) is 23.8 Å². The van der Waals surface area contributed by atoms with Gasteiger partial charge in [-0.25, -0.2) is 0 Å². The quantitative estimate of drug-likeness (QED) is 0.819. The lowest BCUT2D eigenvalue weighted by Gasteiger charge is -2.21. The van der Waals surface area contributed by atoms with Crippen LogP contribution in [0.5, 0.6) is 0 Å². The molecule has 0 aliphatic carbocycles. The van der Waals surface area contributed by atoms with Gasteiger partial charge in [-0.05, 0) is 42.3 Å². The Morgan fingerprint density at radius 2 is 2.00 bits per heavy atom. The predicted molar refractivity (Wildman–Crippen MR) is 93.6 cm³/mol. The van der Waals surface area contributed by atoms with Crippen LogP contribution in [0.2, 0.25) is 5.02 Å². The number of anilines is 1. The molecule has 5 heteroatoms. The number of aliphatic hydroxyl groups excluding tert-OH is 1. The van der Waals surface area contributed by atoms with Crippen molar-refractivity contribution in [3.63, 3.8) is 0 Å². The third-order valence-corrected chi connectivity index (χ3v) is 3.62. The molecule has 122 valence electrons. The Hall–Kier alpha value is -1.88. The van der Waals surface area contributed by atoms with E-state index in [1.807, 2.05) is 60.4 Å². The van der Waals surface area contributed by atoms with Crippen LogP contribution in [0.4, 0.5) is 5.69 Å². The van der Waals surface area contributed by atoms with Crippen LogP contribution in [-0.2, 0) is 11.3 Å². The van der Waals surface area contributed by atoms with E-state index in [1.165, 1.54) is 0 Å². The van der Waals surface area contributed by atoms with Crippen LogP contribution < -0.4 is 5.32 Å². The van der Waals surface area contributed by atoms with Gasteiger partial charge in [-0.2, -0.15) is 0 Å². The van der Waals surface area contributed by atoms with E-state index >= 15 is 0 Å². The summed E-state index contributed by atoms with van der Waals surface area (Å²) in [6.45, 7) is 3.17. The van der Waals surface area contributed by atoms with Crippen molar-refractivity contribution in [2.45, 2.75) is 13.5 Å². The maximum atomic E-state index is 12.2. The number of aryl methyl sites for hydroxylation is 1. The molecule has 0 fully saturated rings. The number of carbonyl (C=O) groups is 1. The standard InChI is InChI=1S/C18H21ClN2O2/c1-14-4-2-7-17(10-14)20-18(23)13-21(8-9-22)12-15-5-3-6-16(19)11-15/h2-7,10-11,22H,8-9,12-13H2,1H3,(H,20,23). The van der Waals surface area contributed by atoms with E-state index in [1.54, 1.807) is 0 Å². The minimum Gasteiger partial charge on any atom is -0.395 e. The summed E-state index contributed by atoms with van der Waals surface area (Å²) < 4.78 is 0. The lowest BCUT2D eigenvalue weighted by molar-refractivity contribution is -0.117. The first-order chi connectivity index (χ1) is 11.1. The highest BCUT2D eigenvalue weighted by atomic mass is 35.5. The highest BCUT2D eigenvalue weighted by molar-refractivity contribution is 6.30. The first-order valence-corrected chi connectivity index (χ1v) is 7.89. The molecule has 1 amide bonds. The third-order valence-electron chi connectivity index (χ3n) is 3.38. The Bertz CT molecular complexity index is 661. The molecule has 2 aromatic carbocycles. The van der Waals surface area contributed by atoms with E-state index in [0.29, 0.717) is 18.1 Å². The smallest absolute Gasteiger partial charge is 0.238 e. The number of hydrogen-bond donors (Lipinski definition) is 2. The highest BCUT2D eigenvalue weighted by Crippen LogP contribution is 2.13. The zero-order chi connectivity index (χ0) is 16.7. The fourth-order valence-electron chi connectivity index (χ4n) is 2.38. The molecule has 0 bridgehead atoms. The van der Waals surface area contributed by atoms with Crippen LogP contribution in [0.3, 0.4) is 0 Å². The minimum absolute atomic E-state index is 0.00170. The molecule has 0 saturated heterocycles. The molecule has 0 spiro atoms. The van der Waals surface area contributed by atoms with Gasteiger partial charge in [0.2, 0.25) is 5.91 Å². The number of hydrogen-bond acceptors (Lipinski definition) is 3. The third kappa shape index (κ3) is 6.02. The average Bonchev–Trinajstić information content (AvgIpc) is 2.47. The Labute approximate surface area is 141 Å². The lowest BCUT2D eigenvalue weighted by atomic mass is 10.2. The molecule has 23 heavy (non-hydrogen) atoms. The Morgan fingerprint density at radius 1 is 1.22 bits per heavy atom. The van der Waals surface area contributed by atoms with Crippen molar-refractivity contribution < 1.29 is 9.90 Å². The van der Waals surface area contributed by atoms with Crippen molar-refractivity contribution in [1.82, 2.24) is 4.90 Å². The first kappa shape index (κ1) is 17.5. The number of aliphatic hydroxyl groups is 1. The van der Waals surface area contributed by atoms with E-state index in [-0.39, 0.29) is 19.1 Å². The summed E-state index contributed by atoms with van der Waals surface area (Å²) in [5.74, 6) is -0.105. The second-order valence-electron chi connectivity index (χ2n) is 5.48. The minimum atomic E-state index is -0.105. The van der Waals surface area contributed by atoms with Crippen molar-refractivity contribution in [1.29, 1.82) is 0 Å². The number of rotatable bonds is 7. The lowest BCUT2D eigenvalue weighted by Crippen LogP contribution is -2.34. The van der Waals surface area contributed by atoms with Gasteiger partial charge < -0.3 is 10.4 Å². The van der Waals surface area contributed by atoms with E-state index in [0.717, 1.165) is 16.8 Å². The summed E-state index contributed by atoms with van der Waals surface area (Å²) in [5, 5.41) is 12.8. The molecule has 0 atom stereocenters. The molecule has 0 aromatic heterocycles. The van der Waals surface area contributed by atoms with E-state index in [2.05, 4.69) is 5.32 Å². The van der Waals surface area contributed by atoms with Crippen LogP contribution in [0.1, 0.15) is 11.1 Å². The van der Waals surface area contributed by atoms with Gasteiger partial charge in [-0.15, -0.1) is 0 Å². The molecular formula is C18H21ClN2O2. The molecule has 0 saturated carbocycles. The van der Waals surface area contributed by atoms with Gasteiger partial charge in [-0.1, -0.05) is 35.9 Å². The number of benzene rings is 2. The summed E-state index contributed by atoms with van der Waals surface area (Å²) in [7, 11) is 0. The number of halogens is 1. The maximum absolute atomic E-state index is 12.2. The summed E-state index contributed by atoms with van der Waals surface area (Å²) >= 11 is 5.99. The number of nitrogens with zero attached hydrogens (tertiary/aromatic N) is 1. The summed E-state index contributed by atoms with van der Waals surface area (Å²) in [5.41, 5.74) is 2.88. The van der Waals surface area contributed by atoms with Gasteiger partial charge in [-0.3, -0.25) is 9.69 Å². The SMILES string of the molecule is Cc1cccc(NC(=O)CN(CCO)Cc2cccc(Cl)c2)c1. The largest absolute Gasteiger partial charge is 0.395 e. The van der Waals surface area contributed by atoms with Crippen LogP contribution in [0.25, 0.3) is 0 Å². The summed E-state index contributed by atoms with van der Waals surface area (Å²) in [4.78, 5) is 14.1. The van der Waals surface area contributed by atoms with Crippen molar-refractivity contribution in [3.8, 4) is 0 Å².